The second-order valence-electron chi connectivity index (χ2n) is 9.19. The molecule has 0 aliphatic heterocycles. The van der Waals surface area contributed by atoms with Crippen molar-refractivity contribution in [1.82, 2.24) is 0 Å². The summed E-state index contributed by atoms with van der Waals surface area (Å²) in [4.78, 5) is 0. The summed E-state index contributed by atoms with van der Waals surface area (Å²) in [6.45, 7) is 2.98. The Morgan fingerprint density at radius 2 is 1.89 bits per heavy atom. The van der Waals surface area contributed by atoms with Crippen LogP contribution in [0.3, 0.4) is 0 Å². The Bertz CT molecular complexity index is 814. The smallest absolute Gasteiger partial charge is 0.120 e. The van der Waals surface area contributed by atoms with Crippen molar-refractivity contribution in [3.63, 3.8) is 0 Å². The Kier molecular flexibility index (Phi) is 4.27. The van der Waals surface area contributed by atoms with Gasteiger partial charge in [0.15, 0.2) is 0 Å². The lowest BCUT2D eigenvalue weighted by molar-refractivity contribution is -0.0226. The van der Waals surface area contributed by atoms with Crippen molar-refractivity contribution in [3.05, 3.63) is 65.2 Å². The van der Waals surface area contributed by atoms with Crippen molar-refractivity contribution in [1.29, 1.82) is 0 Å². The van der Waals surface area contributed by atoms with Gasteiger partial charge in [-0.15, -0.1) is 0 Å². The maximum atomic E-state index is 10.5. The second kappa shape index (κ2) is 6.67. The lowest BCUT2D eigenvalue weighted by Gasteiger charge is -2.50. The van der Waals surface area contributed by atoms with Crippen molar-refractivity contribution in [2.45, 2.75) is 64.1 Å². The number of aliphatic hydroxyl groups excluding tert-OH is 1. The van der Waals surface area contributed by atoms with E-state index in [0.717, 1.165) is 24.5 Å². The van der Waals surface area contributed by atoms with Gasteiger partial charge in [-0.25, -0.2) is 0 Å². The topological polar surface area (TPSA) is 29.5 Å². The number of hydrogen-bond acceptors (Lipinski definition) is 2. The van der Waals surface area contributed by atoms with E-state index in [2.05, 4.69) is 49.4 Å². The first-order valence-electron chi connectivity index (χ1n) is 10.6. The highest BCUT2D eigenvalue weighted by Gasteiger charge is 2.54. The molecule has 0 radical (unpaired) electrons. The van der Waals surface area contributed by atoms with Crippen LogP contribution in [-0.4, -0.2) is 11.2 Å². The van der Waals surface area contributed by atoms with Gasteiger partial charge in [0.05, 0.1) is 6.10 Å². The van der Waals surface area contributed by atoms with E-state index in [1.807, 2.05) is 6.07 Å². The number of fused-ring (bicyclic) bond motifs is 5. The van der Waals surface area contributed by atoms with Crippen LogP contribution in [-0.2, 0) is 13.0 Å². The van der Waals surface area contributed by atoms with Crippen LogP contribution in [0.25, 0.3) is 0 Å². The number of rotatable bonds is 3. The van der Waals surface area contributed by atoms with Gasteiger partial charge in [0.1, 0.15) is 12.4 Å². The molecule has 2 nitrogen and oxygen atoms in total. The predicted molar refractivity (Wildman–Crippen MR) is 108 cm³/mol. The van der Waals surface area contributed by atoms with Crippen LogP contribution in [0.2, 0.25) is 0 Å². The largest absolute Gasteiger partial charge is 0.489 e. The molecule has 0 bridgehead atoms. The monoisotopic (exact) mass is 362 g/mol. The average molecular weight is 363 g/mol. The predicted octanol–water partition coefficient (Wildman–Crippen LogP) is 5.48. The molecule has 0 saturated heterocycles. The Hall–Kier alpha value is -1.80. The zero-order valence-corrected chi connectivity index (χ0v) is 16.2. The molecule has 27 heavy (non-hydrogen) atoms. The molecule has 0 amide bonds. The van der Waals surface area contributed by atoms with Crippen molar-refractivity contribution in [2.75, 3.05) is 0 Å². The molecule has 2 aromatic carbocycles. The second-order valence-corrected chi connectivity index (χ2v) is 9.19. The van der Waals surface area contributed by atoms with Gasteiger partial charge in [0, 0.05) is 0 Å². The van der Waals surface area contributed by atoms with Gasteiger partial charge in [-0.2, -0.15) is 0 Å². The zero-order chi connectivity index (χ0) is 18.4. The first-order chi connectivity index (χ1) is 13.1. The fraction of sp³-hybridized carbons (Fsp3) is 0.520. The maximum Gasteiger partial charge on any atom is 0.120 e. The molecule has 2 heteroatoms. The van der Waals surface area contributed by atoms with Crippen molar-refractivity contribution in [3.8, 4) is 5.75 Å². The summed E-state index contributed by atoms with van der Waals surface area (Å²) in [6, 6.07) is 17.2. The fourth-order valence-electron chi connectivity index (χ4n) is 6.36. The molecule has 142 valence electrons. The minimum atomic E-state index is -0.0846. The van der Waals surface area contributed by atoms with Crippen molar-refractivity contribution < 1.29 is 9.84 Å². The summed E-state index contributed by atoms with van der Waals surface area (Å²) < 4.78 is 6.06. The van der Waals surface area contributed by atoms with E-state index in [9.17, 15) is 5.11 Å². The molecule has 0 spiro atoms. The average Bonchev–Trinajstić information content (AvgIpc) is 3.01. The Balaban J connectivity index is 1.34. The first kappa shape index (κ1) is 17.3. The SMILES string of the molecule is C[C@]12CCC3c4ccc(OCc5ccccc5)cc4CCC3C1CCC2O. The lowest BCUT2D eigenvalue weighted by Crippen LogP contribution is -2.43. The normalized spacial score (nSPS) is 34.4. The number of hydrogen-bond donors (Lipinski definition) is 1. The van der Waals surface area contributed by atoms with Crippen molar-refractivity contribution >= 4 is 0 Å². The molecule has 3 aliphatic rings. The molecule has 0 aromatic heterocycles. The van der Waals surface area contributed by atoms with Gasteiger partial charge in [-0.1, -0.05) is 43.3 Å². The summed E-state index contributed by atoms with van der Waals surface area (Å²) in [7, 11) is 0. The summed E-state index contributed by atoms with van der Waals surface area (Å²) in [5.41, 5.74) is 4.42. The van der Waals surface area contributed by atoms with Gasteiger partial charge >= 0.3 is 0 Å². The Labute approximate surface area is 162 Å². The fourth-order valence-corrected chi connectivity index (χ4v) is 6.36. The molecular weight excluding hydrogens is 332 g/mol. The summed E-state index contributed by atoms with van der Waals surface area (Å²) in [5.74, 6) is 3.13. The van der Waals surface area contributed by atoms with E-state index in [4.69, 9.17) is 4.74 Å². The van der Waals surface area contributed by atoms with Gasteiger partial charge in [-0.05, 0) is 90.5 Å². The zero-order valence-electron chi connectivity index (χ0n) is 16.2. The van der Waals surface area contributed by atoms with Crippen LogP contribution in [0.4, 0.5) is 0 Å². The molecule has 0 heterocycles. The Morgan fingerprint density at radius 1 is 1.04 bits per heavy atom. The van der Waals surface area contributed by atoms with Crippen LogP contribution in [0.5, 0.6) is 5.75 Å². The quantitative estimate of drug-likeness (QED) is 0.783. The van der Waals surface area contributed by atoms with Crippen LogP contribution in [0.1, 0.15) is 61.6 Å². The van der Waals surface area contributed by atoms with Crippen LogP contribution in [0, 0.1) is 17.3 Å². The summed E-state index contributed by atoms with van der Waals surface area (Å²) >= 11 is 0. The highest BCUT2D eigenvalue weighted by atomic mass is 16.5. The lowest BCUT2D eigenvalue weighted by atomic mass is 9.55. The minimum Gasteiger partial charge on any atom is -0.489 e. The van der Waals surface area contributed by atoms with E-state index >= 15 is 0 Å². The van der Waals surface area contributed by atoms with E-state index in [1.165, 1.54) is 36.8 Å². The van der Waals surface area contributed by atoms with Gasteiger partial charge in [0.25, 0.3) is 0 Å². The molecule has 5 atom stereocenters. The summed E-state index contributed by atoms with van der Waals surface area (Å²) in [5, 5.41) is 10.5. The van der Waals surface area contributed by atoms with Gasteiger partial charge < -0.3 is 9.84 Å². The highest BCUT2D eigenvalue weighted by Crippen LogP contribution is 2.60. The number of aliphatic hydroxyl groups is 1. The molecule has 2 fully saturated rings. The van der Waals surface area contributed by atoms with Gasteiger partial charge in [-0.3, -0.25) is 0 Å². The molecule has 4 unspecified atom stereocenters. The molecule has 5 rings (SSSR count). The molecular formula is C25H30O2. The van der Waals surface area contributed by atoms with Crippen molar-refractivity contribution in [2.24, 2.45) is 17.3 Å². The van der Waals surface area contributed by atoms with Crippen LogP contribution in [0.15, 0.2) is 48.5 Å². The Morgan fingerprint density at radius 3 is 2.74 bits per heavy atom. The molecule has 2 saturated carbocycles. The van der Waals surface area contributed by atoms with Gasteiger partial charge in [0.2, 0.25) is 0 Å². The minimum absolute atomic E-state index is 0.0846. The van der Waals surface area contributed by atoms with E-state index in [-0.39, 0.29) is 11.5 Å². The van der Waals surface area contributed by atoms with Crippen LogP contribution >= 0.6 is 0 Å². The summed E-state index contributed by atoms with van der Waals surface area (Å²) in [6.07, 6.45) is 6.96. The molecule has 3 aliphatic carbocycles. The number of ether oxygens (including phenoxy) is 1. The first-order valence-corrected chi connectivity index (χ1v) is 10.6. The molecule has 2 aromatic rings. The standard InChI is InChI=1S/C25H30O2/c1-25-14-13-21-20-10-8-19(27-16-17-5-3-2-4-6-17)15-18(20)7-9-22(21)23(25)11-12-24(25)26/h2-6,8,10,15,21-24,26H,7,9,11-14,16H2,1H3/t21?,22?,23?,24?,25-/m0/s1. The number of benzene rings is 2. The third kappa shape index (κ3) is 2.89. The van der Waals surface area contributed by atoms with Crippen LogP contribution < -0.4 is 4.74 Å². The van der Waals surface area contributed by atoms with E-state index < -0.39 is 0 Å². The number of aryl methyl sites for hydroxylation is 1. The third-order valence-corrected chi connectivity index (χ3v) is 7.90. The third-order valence-electron chi connectivity index (χ3n) is 7.90. The molecule has 1 N–H and O–H groups in total. The maximum absolute atomic E-state index is 10.5. The highest BCUT2D eigenvalue weighted by molar-refractivity contribution is 5.41. The van der Waals surface area contributed by atoms with E-state index in [1.54, 1.807) is 5.56 Å². The van der Waals surface area contributed by atoms with E-state index in [0.29, 0.717) is 18.4 Å².